The fourth-order valence-corrected chi connectivity index (χ4v) is 3.00. The summed E-state index contributed by atoms with van der Waals surface area (Å²) in [6.07, 6.45) is 0. The molecule has 0 saturated heterocycles. The highest BCUT2D eigenvalue weighted by Gasteiger charge is 2.20. The molecule has 3 N–H and O–H groups in total. The van der Waals surface area contributed by atoms with Gasteiger partial charge in [-0.1, -0.05) is 23.2 Å². The summed E-state index contributed by atoms with van der Waals surface area (Å²) in [7, 11) is -3.71. The molecule has 0 unspecified atom stereocenters. The minimum atomic E-state index is -3.71. The average Bonchev–Trinajstić information content (AvgIpc) is 2.31. The van der Waals surface area contributed by atoms with E-state index >= 15 is 0 Å². The van der Waals surface area contributed by atoms with Crippen molar-refractivity contribution in [2.75, 3.05) is 25.5 Å². The molecule has 0 aliphatic rings. The van der Waals surface area contributed by atoms with Gasteiger partial charge in [-0.25, -0.2) is 13.1 Å². The number of sulfonamides is 1. The quantitative estimate of drug-likeness (QED) is 0.621. The van der Waals surface area contributed by atoms with E-state index in [1.807, 2.05) is 6.92 Å². The largest absolute Gasteiger partial charge is 0.396 e. The molecule has 8 heteroatoms. The summed E-state index contributed by atoms with van der Waals surface area (Å²) >= 11 is 11.6. The Labute approximate surface area is 116 Å². The number of anilines is 1. The highest BCUT2D eigenvalue weighted by atomic mass is 35.5. The monoisotopic (exact) mass is 312 g/mol. The highest BCUT2D eigenvalue weighted by Crippen LogP contribution is 2.32. The minimum absolute atomic E-state index is 0.0472. The number of benzene rings is 1. The smallest absolute Gasteiger partial charge is 0.242 e. The molecule has 1 rings (SSSR count). The molecule has 0 bridgehead atoms. The van der Waals surface area contributed by atoms with Gasteiger partial charge in [-0.3, -0.25) is 0 Å². The third kappa shape index (κ3) is 3.73. The SMILES string of the molecule is CCOCCNS(=O)(=O)c1ccc(Cl)c(N)c1Cl. The summed E-state index contributed by atoms with van der Waals surface area (Å²) in [5, 5.41) is 0.139. The molecule has 18 heavy (non-hydrogen) atoms. The van der Waals surface area contributed by atoms with Crippen molar-refractivity contribution in [2.24, 2.45) is 0 Å². The van der Waals surface area contributed by atoms with E-state index in [2.05, 4.69) is 4.72 Å². The van der Waals surface area contributed by atoms with Crippen LogP contribution in [0.4, 0.5) is 5.69 Å². The van der Waals surface area contributed by atoms with E-state index in [0.717, 1.165) is 0 Å². The zero-order chi connectivity index (χ0) is 13.8. The number of hydrogen-bond donors (Lipinski definition) is 2. The van der Waals surface area contributed by atoms with Crippen molar-refractivity contribution in [3.8, 4) is 0 Å². The van der Waals surface area contributed by atoms with E-state index < -0.39 is 10.0 Å². The van der Waals surface area contributed by atoms with E-state index in [1.54, 1.807) is 0 Å². The molecule has 0 amide bonds. The number of nitrogens with two attached hydrogens (primary N) is 1. The van der Waals surface area contributed by atoms with E-state index in [-0.39, 0.29) is 33.8 Å². The summed E-state index contributed by atoms with van der Waals surface area (Å²) < 4.78 is 31.3. The topological polar surface area (TPSA) is 81.4 Å². The molecule has 0 heterocycles. The second-order valence-corrected chi connectivity index (χ2v) is 5.89. The fourth-order valence-electron chi connectivity index (χ4n) is 1.23. The van der Waals surface area contributed by atoms with Gasteiger partial charge in [-0.05, 0) is 19.1 Å². The van der Waals surface area contributed by atoms with E-state index in [0.29, 0.717) is 6.61 Å². The molecule has 0 atom stereocenters. The molecule has 0 spiro atoms. The first-order valence-electron chi connectivity index (χ1n) is 5.21. The van der Waals surface area contributed by atoms with Gasteiger partial charge in [-0.15, -0.1) is 0 Å². The summed E-state index contributed by atoms with van der Waals surface area (Å²) in [6, 6.07) is 2.70. The lowest BCUT2D eigenvalue weighted by atomic mass is 10.3. The molecule has 0 aliphatic carbocycles. The standard InChI is InChI=1S/C10H14Cl2N2O3S/c1-2-17-6-5-14-18(15,16)8-4-3-7(11)10(13)9(8)12/h3-4,14H,2,5-6,13H2,1H3. The van der Waals surface area contributed by atoms with Crippen LogP contribution in [-0.4, -0.2) is 28.2 Å². The lowest BCUT2D eigenvalue weighted by molar-refractivity contribution is 0.153. The van der Waals surface area contributed by atoms with E-state index in [1.165, 1.54) is 12.1 Å². The van der Waals surface area contributed by atoms with Gasteiger partial charge in [0.25, 0.3) is 0 Å². The molecule has 102 valence electrons. The van der Waals surface area contributed by atoms with Gasteiger partial charge in [0.15, 0.2) is 0 Å². The van der Waals surface area contributed by atoms with Crippen molar-refractivity contribution < 1.29 is 13.2 Å². The lowest BCUT2D eigenvalue weighted by Gasteiger charge is -2.10. The van der Waals surface area contributed by atoms with Crippen LogP contribution >= 0.6 is 23.2 Å². The minimum Gasteiger partial charge on any atom is -0.396 e. The second-order valence-electron chi connectivity index (χ2n) is 3.37. The maximum absolute atomic E-state index is 11.9. The molecular formula is C10H14Cl2N2O3S. The van der Waals surface area contributed by atoms with Crippen molar-refractivity contribution in [1.29, 1.82) is 0 Å². The van der Waals surface area contributed by atoms with E-state index in [9.17, 15) is 8.42 Å². The van der Waals surface area contributed by atoms with Gasteiger partial charge in [0.2, 0.25) is 10.0 Å². The van der Waals surface area contributed by atoms with Crippen molar-refractivity contribution in [2.45, 2.75) is 11.8 Å². The van der Waals surface area contributed by atoms with Crippen molar-refractivity contribution in [3.63, 3.8) is 0 Å². The highest BCUT2D eigenvalue weighted by molar-refractivity contribution is 7.89. The Morgan fingerprint density at radius 2 is 2.06 bits per heavy atom. The number of nitrogen functional groups attached to an aromatic ring is 1. The zero-order valence-corrected chi connectivity index (χ0v) is 12.1. The van der Waals surface area contributed by atoms with Gasteiger partial charge in [0.05, 0.1) is 22.3 Å². The van der Waals surface area contributed by atoms with Crippen LogP contribution in [0.25, 0.3) is 0 Å². The van der Waals surface area contributed by atoms with Crippen molar-refractivity contribution in [1.82, 2.24) is 4.72 Å². The number of nitrogens with one attached hydrogen (secondary N) is 1. The first-order valence-corrected chi connectivity index (χ1v) is 7.45. The lowest BCUT2D eigenvalue weighted by Crippen LogP contribution is -2.27. The molecule has 0 aromatic heterocycles. The molecule has 0 saturated carbocycles. The molecule has 0 fully saturated rings. The third-order valence-electron chi connectivity index (χ3n) is 2.12. The number of rotatable bonds is 6. The Hall–Kier alpha value is -0.530. The average molecular weight is 313 g/mol. The Kier molecular flexibility index (Phi) is 5.68. The number of halogens is 2. The Bertz CT molecular complexity index is 520. The molecule has 5 nitrogen and oxygen atoms in total. The van der Waals surface area contributed by atoms with Gasteiger partial charge < -0.3 is 10.5 Å². The predicted molar refractivity (Wildman–Crippen MR) is 72.6 cm³/mol. The van der Waals surface area contributed by atoms with Crippen molar-refractivity contribution >= 4 is 38.9 Å². The van der Waals surface area contributed by atoms with E-state index in [4.69, 9.17) is 33.7 Å². The van der Waals surface area contributed by atoms with Gasteiger partial charge in [0.1, 0.15) is 4.90 Å². The molecular weight excluding hydrogens is 299 g/mol. The van der Waals surface area contributed by atoms with Gasteiger partial charge >= 0.3 is 0 Å². The van der Waals surface area contributed by atoms with Crippen LogP contribution in [0, 0.1) is 0 Å². The zero-order valence-electron chi connectivity index (χ0n) is 9.74. The fraction of sp³-hybridized carbons (Fsp3) is 0.400. The summed E-state index contributed by atoms with van der Waals surface area (Å²) in [5.74, 6) is 0. The van der Waals surface area contributed by atoms with Gasteiger partial charge in [-0.2, -0.15) is 0 Å². The van der Waals surface area contributed by atoms with Crippen LogP contribution in [-0.2, 0) is 14.8 Å². The first kappa shape index (κ1) is 15.5. The second kappa shape index (κ2) is 6.58. The van der Waals surface area contributed by atoms with Gasteiger partial charge in [0, 0.05) is 13.2 Å². The Morgan fingerprint density at radius 3 is 2.67 bits per heavy atom. The van der Waals surface area contributed by atoms with Crippen LogP contribution in [0.1, 0.15) is 6.92 Å². The normalized spacial score (nSPS) is 11.7. The molecule has 0 aliphatic heterocycles. The third-order valence-corrected chi connectivity index (χ3v) is 4.48. The Balaban J connectivity index is 2.89. The molecule has 1 aromatic rings. The van der Waals surface area contributed by atoms with Crippen LogP contribution in [0.3, 0.4) is 0 Å². The number of ether oxygens (including phenoxy) is 1. The summed E-state index contributed by atoms with van der Waals surface area (Å²) in [5.41, 5.74) is 5.62. The molecule has 0 radical (unpaired) electrons. The summed E-state index contributed by atoms with van der Waals surface area (Å²) in [4.78, 5) is -0.0948. The van der Waals surface area contributed by atoms with Crippen LogP contribution in [0.15, 0.2) is 17.0 Å². The van der Waals surface area contributed by atoms with Crippen LogP contribution in [0.2, 0.25) is 10.0 Å². The Morgan fingerprint density at radius 1 is 1.39 bits per heavy atom. The van der Waals surface area contributed by atoms with Crippen LogP contribution in [0.5, 0.6) is 0 Å². The molecule has 1 aromatic carbocycles. The predicted octanol–water partition coefficient (Wildman–Crippen LogP) is 1.89. The maximum Gasteiger partial charge on any atom is 0.242 e. The summed E-state index contributed by atoms with van der Waals surface area (Å²) in [6.45, 7) is 2.80. The van der Waals surface area contributed by atoms with Crippen LogP contribution < -0.4 is 10.5 Å². The maximum atomic E-state index is 11.9. The number of hydrogen-bond acceptors (Lipinski definition) is 4. The van der Waals surface area contributed by atoms with Crippen molar-refractivity contribution in [3.05, 3.63) is 22.2 Å². The first-order chi connectivity index (χ1) is 8.40.